The molecule has 1 aromatic carbocycles. The fourth-order valence-electron chi connectivity index (χ4n) is 1.98. The van der Waals surface area contributed by atoms with E-state index in [4.69, 9.17) is 9.47 Å². The third-order valence-electron chi connectivity index (χ3n) is 3.24. The molecule has 0 radical (unpaired) electrons. The topological polar surface area (TPSA) is 77.5 Å². The standard InChI is InChI=1S/C18H18N2O4/c1-23-16-7-6-14(10-17(16)24-2)15(21)12-20-18(22)8-5-13-4-3-9-19-11-13/h3-11H,12H2,1-2H3,(H,20,22). The van der Waals surface area contributed by atoms with Gasteiger partial charge >= 0.3 is 0 Å². The largest absolute Gasteiger partial charge is 0.493 e. The van der Waals surface area contributed by atoms with Crippen molar-refractivity contribution in [1.29, 1.82) is 0 Å². The molecule has 1 N–H and O–H groups in total. The molecule has 24 heavy (non-hydrogen) atoms. The van der Waals surface area contributed by atoms with Crippen LogP contribution in [-0.4, -0.2) is 37.4 Å². The first-order valence-corrected chi connectivity index (χ1v) is 7.25. The van der Waals surface area contributed by atoms with Crippen molar-refractivity contribution < 1.29 is 19.1 Å². The van der Waals surface area contributed by atoms with Gasteiger partial charge in [-0.2, -0.15) is 0 Å². The van der Waals surface area contributed by atoms with Crippen molar-refractivity contribution in [2.45, 2.75) is 0 Å². The molecule has 0 spiro atoms. The zero-order valence-electron chi connectivity index (χ0n) is 13.5. The van der Waals surface area contributed by atoms with Gasteiger partial charge in [-0.05, 0) is 35.9 Å². The minimum atomic E-state index is -0.354. The van der Waals surface area contributed by atoms with Gasteiger partial charge in [0.05, 0.1) is 20.8 Å². The summed E-state index contributed by atoms with van der Waals surface area (Å²) >= 11 is 0. The van der Waals surface area contributed by atoms with Crippen LogP contribution in [0, 0.1) is 0 Å². The Labute approximate surface area is 140 Å². The highest BCUT2D eigenvalue weighted by Crippen LogP contribution is 2.27. The number of carbonyl (C=O) groups is 2. The highest BCUT2D eigenvalue weighted by molar-refractivity contribution is 6.01. The molecule has 1 heterocycles. The zero-order valence-corrected chi connectivity index (χ0v) is 13.5. The van der Waals surface area contributed by atoms with E-state index >= 15 is 0 Å². The number of ether oxygens (including phenoxy) is 2. The number of carbonyl (C=O) groups excluding carboxylic acids is 2. The van der Waals surface area contributed by atoms with E-state index in [1.165, 1.54) is 20.3 Å². The van der Waals surface area contributed by atoms with Crippen LogP contribution in [0.1, 0.15) is 15.9 Å². The molecule has 0 aliphatic rings. The number of pyridine rings is 1. The number of rotatable bonds is 7. The monoisotopic (exact) mass is 326 g/mol. The van der Waals surface area contributed by atoms with Gasteiger partial charge in [0.15, 0.2) is 17.3 Å². The van der Waals surface area contributed by atoms with Gasteiger partial charge in [-0.3, -0.25) is 14.6 Å². The first kappa shape index (κ1) is 17.2. The first-order valence-electron chi connectivity index (χ1n) is 7.25. The van der Waals surface area contributed by atoms with Crippen LogP contribution < -0.4 is 14.8 Å². The van der Waals surface area contributed by atoms with Crippen molar-refractivity contribution in [3.8, 4) is 11.5 Å². The number of nitrogens with one attached hydrogen (secondary N) is 1. The number of amides is 1. The maximum atomic E-state index is 12.1. The minimum Gasteiger partial charge on any atom is -0.493 e. The zero-order chi connectivity index (χ0) is 17.4. The number of methoxy groups -OCH3 is 2. The molecule has 0 fully saturated rings. The number of benzene rings is 1. The molecule has 6 heteroatoms. The molecule has 0 saturated heterocycles. The van der Waals surface area contributed by atoms with E-state index in [1.54, 1.807) is 42.7 Å². The van der Waals surface area contributed by atoms with Crippen LogP contribution in [0.4, 0.5) is 0 Å². The molecule has 1 amide bonds. The molecule has 0 saturated carbocycles. The lowest BCUT2D eigenvalue weighted by molar-refractivity contribution is -0.116. The van der Waals surface area contributed by atoms with E-state index < -0.39 is 0 Å². The van der Waals surface area contributed by atoms with Gasteiger partial charge in [-0.15, -0.1) is 0 Å². The maximum absolute atomic E-state index is 12.1. The summed E-state index contributed by atoms with van der Waals surface area (Å²) in [6, 6.07) is 8.46. The summed E-state index contributed by atoms with van der Waals surface area (Å²) in [4.78, 5) is 27.9. The molecule has 0 bridgehead atoms. The predicted molar refractivity (Wildman–Crippen MR) is 90.2 cm³/mol. The van der Waals surface area contributed by atoms with Crippen molar-refractivity contribution in [2.75, 3.05) is 20.8 Å². The molecule has 0 aliphatic heterocycles. The van der Waals surface area contributed by atoms with Gasteiger partial charge in [0, 0.05) is 24.0 Å². The van der Waals surface area contributed by atoms with Gasteiger partial charge < -0.3 is 14.8 Å². The summed E-state index contributed by atoms with van der Waals surface area (Å²) in [6.07, 6.45) is 6.28. The van der Waals surface area contributed by atoms with Crippen LogP contribution in [0.15, 0.2) is 48.8 Å². The lowest BCUT2D eigenvalue weighted by atomic mass is 10.1. The van der Waals surface area contributed by atoms with E-state index in [9.17, 15) is 9.59 Å². The Bertz CT molecular complexity index is 742. The van der Waals surface area contributed by atoms with Gasteiger partial charge in [0.25, 0.3) is 0 Å². The first-order chi connectivity index (χ1) is 11.6. The van der Waals surface area contributed by atoms with E-state index in [1.807, 2.05) is 6.07 Å². The second kappa shape index (κ2) is 8.47. The van der Waals surface area contributed by atoms with Crippen LogP contribution in [-0.2, 0) is 4.79 Å². The number of hydrogen-bond acceptors (Lipinski definition) is 5. The third kappa shape index (κ3) is 4.67. The molecular formula is C18H18N2O4. The average molecular weight is 326 g/mol. The molecule has 0 atom stereocenters. The molecule has 124 valence electrons. The van der Waals surface area contributed by atoms with E-state index in [-0.39, 0.29) is 18.2 Å². The Kier molecular flexibility index (Phi) is 6.08. The van der Waals surface area contributed by atoms with Gasteiger partial charge in [0.2, 0.25) is 5.91 Å². The number of ketones is 1. The Morgan fingerprint density at radius 2 is 1.96 bits per heavy atom. The van der Waals surface area contributed by atoms with E-state index in [0.717, 1.165) is 5.56 Å². The van der Waals surface area contributed by atoms with Crippen LogP contribution in [0.3, 0.4) is 0 Å². The summed E-state index contributed by atoms with van der Waals surface area (Å²) in [5, 5.41) is 2.55. The second-order valence-corrected chi connectivity index (χ2v) is 4.83. The Hall–Kier alpha value is -3.15. The third-order valence-corrected chi connectivity index (χ3v) is 3.24. The van der Waals surface area contributed by atoms with Crippen molar-refractivity contribution in [1.82, 2.24) is 10.3 Å². The highest BCUT2D eigenvalue weighted by atomic mass is 16.5. The summed E-state index contributed by atoms with van der Waals surface area (Å²) in [7, 11) is 3.02. The quantitative estimate of drug-likeness (QED) is 0.623. The number of hydrogen-bond donors (Lipinski definition) is 1. The molecule has 2 rings (SSSR count). The molecule has 0 aliphatic carbocycles. The Balaban J connectivity index is 1.93. The summed E-state index contributed by atoms with van der Waals surface area (Å²) in [5.41, 5.74) is 1.24. The molecular weight excluding hydrogens is 308 g/mol. The predicted octanol–water partition coefficient (Wildman–Crippen LogP) is 2.11. The molecule has 6 nitrogen and oxygen atoms in total. The van der Waals surface area contributed by atoms with Gasteiger partial charge in [-0.25, -0.2) is 0 Å². The van der Waals surface area contributed by atoms with E-state index in [0.29, 0.717) is 17.1 Å². The highest BCUT2D eigenvalue weighted by Gasteiger charge is 2.11. The van der Waals surface area contributed by atoms with Crippen molar-refractivity contribution in [3.05, 3.63) is 59.9 Å². The van der Waals surface area contributed by atoms with Gasteiger partial charge in [0.1, 0.15) is 0 Å². The summed E-state index contributed by atoms with van der Waals surface area (Å²) in [5.74, 6) is 0.426. The molecule has 1 aromatic heterocycles. The van der Waals surface area contributed by atoms with Crippen molar-refractivity contribution in [3.63, 3.8) is 0 Å². The number of aromatic nitrogens is 1. The Morgan fingerprint density at radius 3 is 2.62 bits per heavy atom. The van der Waals surface area contributed by atoms with Crippen LogP contribution >= 0.6 is 0 Å². The van der Waals surface area contributed by atoms with Crippen molar-refractivity contribution in [2.24, 2.45) is 0 Å². The van der Waals surface area contributed by atoms with Gasteiger partial charge in [-0.1, -0.05) is 6.07 Å². The van der Waals surface area contributed by atoms with Crippen LogP contribution in [0.5, 0.6) is 11.5 Å². The smallest absolute Gasteiger partial charge is 0.244 e. The lowest BCUT2D eigenvalue weighted by Gasteiger charge is -2.09. The number of nitrogens with zero attached hydrogens (tertiary/aromatic N) is 1. The summed E-state index contributed by atoms with van der Waals surface area (Å²) in [6.45, 7) is -0.105. The number of Topliss-reactive ketones (excluding diaryl/α,β-unsaturated/α-hetero) is 1. The molecule has 0 unspecified atom stereocenters. The SMILES string of the molecule is COc1ccc(C(=O)CNC(=O)C=Cc2cccnc2)cc1OC. The fourth-order valence-corrected chi connectivity index (χ4v) is 1.98. The van der Waals surface area contributed by atoms with Crippen LogP contribution in [0.2, 0.25) is 0 Å². The maximum Gasteiger partial charge on any atom is 0.244 e. The fraction of sp³-hybridized carbons (Fsp3) is 0.167. The minimum absolute atomic E-state index is 0.105. The molecule has 2 aromatic rings. The van der Waals surface area contributed by atoms with Crippen LogP contribution in [0.25, 0.3) is 6.08 Å². The summed E-state index contributed by atoms with van der Waals surface area (Å²) < 4.78 is 10.3. The second-order valence-electron chi connectivity index (χ2n) is 4.83. The normalized spacial score (nSPS) is 10.4. The lowest BCUT2D eigenvalue weighted by Crippen LogP contribution is -2.28. The Morgan fingerprint density at radius 1 is 1.17 bits per heavy atom. The average Bonchev–Trinajstić information content (AvgIpc) is 2.64. The van der Waals surface area contributed by atoms with E-state index in [2.05, 4.69) is 10.3 Å². The van der Waals surface area contributed by atoms with Crippen molar-refractivity contribution >= 4 is 17.8 Å².